The number of fused-ring (bicyclic) bond motifs is 1. The van der Waals surface area contributed by atoms with E-state index in [0.29, 0.717) is 23.4 Å². The number of aromatic nitrogens is 7. The molecule has 5 rings (SSSR count). The Labute approximate surface area is 168 Å². The Hall–Kier alpha value is -3.29. The van der Waals surface area contributed by atoms with Crippen molar-refractivity contribution in [1.29, 1.82) is 0 Å². The van der Waals surface area contributed by atoms with Gasteiger partial charge in [0.1, 0.15) is 6.33 Å². The first-order valence-corrected chi connectivity index (χ1v) is 10.1. The van der Waals surface area contributed by atoms with Crippen LogP contribution in [0.3, 0.4) is 0 Å². The summed E-state index contributed by atoms with van der Waals surface area (Å²) >= 11 is 0. The average molecular weight is 389 g/mol. The summed E-state index contributed by atoms with van der Waals surface area (Å²) in [5.41, 5.74) is 2.82. The highest BCUT2D eigenvalue weighted by Gasteiger charge is 2.23. The molecule has 0 N–H and O–H groups in total. The third-order valence-electron chi connectivity index (χ3n) is 5.45. The fourth-order valence-electron chi connectivity index (χ4n) is 4.00. The molecule has 0 bridgehead atoms. The van der Waals surface area contributed by atoms with Crippen molar-refractivity contribution >= 4 is 5.65 Å². The molecule has 0 radical (unpaired) electrons. The van der Waals surface area contributed by atoms with Gasteiger partial charge < -0.3 is 4.74 Å². The quantitative estimate of drug-likeness (QED) is 0.519. The normalized spacial score (nSPS) is 15.1. The van der Waals surface area contributed by atoms with E-state index in [-0.39, 0.29) is 6.61 Å². The van der Waals surface area contributed by atoms with Gasteiger partial charge in [0.05, 0.1) is 0 Å². The Morgan fingerprint density at radius 1 is 1.03 bits per heavy atom. The van der Waals surface area contributed by atoms with Crippen LogP contribution in [0.1, 0.15) is 49.4 Å². The summed E-state index contributed by atoms with van der Waals surface area (Å²) in [5.74, 6) is 2.39. The van der Waals surface area contributed by atoms with E-state index >= 15 is 0 Å². The highest BCUT2D eigenvalue weighted by atomic mass is 16.5. The second kappa shape index (κ2) is 7.62. The summed E-state index contributed by atoms with van der Waals surface area (Å²) < 4.78 is 9.57. The summed E-state index contributed by atoms with van der Waals surface area (Å²) in [6, 6.07) is 12.0. The van der Waals surface area contributed by atoms with Gasteiger partial charge in [-0.25, -0.2) is 4.98 Å². The molecule has 1 aliphatic rings. The van der Waals surface area contributed by atoms with E-state index in [1.54, 1.807) is 15.5 Å². The highest BCUT2D eigenvalue weighted by Crippen LogP contribution is 2.37. The van der Waals surface area contributed by atoms with Crippen LogP contribution in [0.5, 0.6) is 5.88 Å². The maximum absolute atomic E-state index is 6.13. The molecule has 8 heteroatoms. The van der Waals surface area contributed by atoms with Crippen molar-refractivity contribution in [3.8, 4) is 17.3 Å². The van der Waals surface area contributed by atoms with E-state index in [0.717, 1.165) is 29.6 Å². The van der Waals surface area contributed by atoms with Gasteiger partial charge in [0.15, 0.2) is 23.9 Å². The number of benzene rings is 1. The number of rotatable bonds is 5. The molecule has 29 heavy (non-hydrogen) atoms. The first-order chi connectivity index (χ1) is 14.3. The van der Waals surface area contributed by atoms with Crippen LogP contribution < -0.4 is 4.74 Å². The molecular formula is C21H23N7O. The molecule has 1 saturated carbocycles. The van der Waals surface area contributed by atoms with Crippen LogP contribution in [-0.2, 0) is 13.7 Å². The standard InChI is InChI=1S/C21H23N7O/c1-27-14-22-18(25-27)13-29-21-17(15-8-4-2-5-9-15)12-19-23-24-20(28(19)26-21)16-10-6-3-7-11-16/h3,6-7,10-12,14-15H,2,4-5,8-9,13H2,1H3. The third-order valence-corrected chi connectivity index (χ3v) is 5.45. The van der Waals surface area contributed by atoms with Crippen LogP contribution >= 0.6 is 0 Å². The molecule has 0 spiro atoms. The average Bonchev–Trinajstić information content (AvgIpc) is 3.38. The molecule has 0 atom stereocenters. The minimum absolute atomic E-state index is 0.280. The van der Waals surface area contributed by atoms with Gasteiger partial charge in [-0.05, 0) is 24.8 Å². The summed E-state index contributed by atoms with van der Waals surface area (Å²) in [6.07, 6.45) is 7.73. The summed E-state index contributed by atoms with van der Waals surface area (Å²) in [6.45, 7) is 0.280. The lowest BCUT2D eigenvalue weighted by atomic mass is 9.84. The van der Waals surface area contributed by atoms with Gasteiger partial charge in [-0.15, -0.1) is 15.3 Å². The van der Waals surface area contributed by atoms with Crippen molar-refractivity contribution < 1.29 is 4.74 Å². The maximum atomic E-state index is 6.13. The topological polar surface area (TPSA) is 83.0 Å². The van der Waals surface area contributed by atoms with E-state index in [1.807, 2.05) is 37.4 Å². The van der Waals surface area contributed by atoms with Crippen LogP contribution in [0.25, 0.3) is 17.0 Å². The third kappa shape index (κ3) is 3.57. The molecule has 0 amide bonds. The minimum Gasteiger partial charge on any atom is -0.468 e. The summed E-state index contributed by atoms with van der Waals surface area (Å²) in [4.78, 5) is 4.26. The Morgan fingerprint density at radius 3 is 2.62 bits per heavy atom. The van der Waals surface area contributed by atoms with Crippen LogP contribution in [0.15, 0.2) is 42.7 Å². The first-order valence-electron chi connectivity index (χ1n) is 10.1. The lowest BCUT2D eigenvalue weighted by Crippen LogP contribution is -2.11. The van der Waals surface area contributed by atoms with Crippen LogP contribution in [0.4, 0.5) is 0 Å². The number of hydrogen-bond acceptors (Lipinski definition) is 6. The SMILES string of the molecule is Cn1cnc(COc2nn3c(-c4ccccc4)nnc3cc2C2CCCCC2)n1. The smallest absolute Gasteiger partial charge is 0.235 e. The second-order valence-electron chi connectivity index (χ2n) is 7.52. The molecule has 3 heterocycles. The molecule has 3 aromatic heterocycles. The van der Waals surface area contributed by atoms with Crippen LogP contribution in [-0.4, -0.2) is 34.6 Å². The van der Waals surface area contributed by atoms with Crippen molar-refractivity contribution in [2.24, 2.45) is 7.05 Å². The van der Waals surface area contributed by atoms with E-state index in [2.05, 4.69) is 26.3 Å². The van der Waals surface area contributed by atoms with E-state index < -0.39 is 0 Å². The lowest BCUT2D eigenvalue weighted by Gasteiger charge is -2.23. The molecule has 8 nitrogen and oxygen atoms in total. The zero-order chi connectivity index (χ0) is 19.6. The van der Waals surface area contributed by atoms with Gasteiger partial charge in [-0.2, -0.15) is 9.61 Å². The van der Waals surface area contributed by atoms with Crippen LogP contribution in [0.2, 0.25) is 0 Å². The minimum atomic E-state index is 0.280. The van der Waals surface area contributed by atoms with Gasteiger partial charge in [-0.1, -0.05) is 49.6 Å². The van der Waals surface area contributed by atoms with E-state index in [1.165, 1.54) is 19.3 Å². The summed E-state index contributed by atoms with van der Waals surface area (Å²) in [7, 11) is 1.84. The largest absolute Gasteiger partial charge is 0.468 e. The Kier molecular flexibility index (Phi) is 4.67. The second-order valence-corrected chi connectivity index (χ2v) is 7.52. The predicted octanol–water partition coefficient (Wildman–Crippen LogP) is 3.55. The molecule has 0 unspecified atom stereocenters. The van der Waals surface area contributed by atoms with Crippen LogP contribution in [0, 0.1) is 0 Å². The molecule has 1 aromatic carbocycles. The molecule has 148 valence electrons. The predicted molar refractivity (Wildman–Crippen MR) is 107 cm³/mol. The van der Waals surface area contributed by atoms with Gasteiger partial charge in [0.2, 0.25) is 5.88 Å². The molecule has 0 aliphatic heterocycles. The van der Waals surface area contributed by atoms with Crippen molar-refractivity contribution in [3.05, 3.63) is 54.1 Å². The van der Waals surface area contributed by atoms with Crippen molar-refractivity contribution in [2.45, 2.75) is 44.6 Å². The summed E-state index contributed by atoms with van der Waals surface area (Å²) in [5, 5.41) is 17.9. The molecule has 4 aromatic rings. The number of aryl methyl sites for hydroxylation is 1. The fourth-order valence-corrected chi connectivity index (χ4v) is 4.00. The molecule has 1 fully saturated rings. The fraction of sp³-hybridized carbons (Fsp3) is 0.381. The van der Waals surface area contributed by atoms with Gasteiger partial charge >= 0.3 is 0 Å². The molecule has 1 aliphatic carbocycles. The number of nitrogens with zero attached hydrogens (tertiary/aromatic N) is 7. The molecular weight excluding hydrogens is 366 g/mol. The lowest BCUT2D eigenvalue weighted by molar-refractivity contribution is 0.271. The van der Waals surface area contributed by atoms with Crippen molar-refractivity contribution in [2.75, 3.05) is 0 Å². The molecule has 0 saturated heterocycles. The van der Waals surface area contributed by atoms with Crippen molar-refractivity contribution in [1.82, 2.24) is 34.6 Å². The Morgan fingerprint density at radius 2 is 1.86 bits per heavy atom. The van der Waals surface area contributed by atoms with Gasteiger partial charge in [0.25, 0.3) is 0 Å². The number of ether oxygens (including phenoxy) is 1. The van der Waals surface area contributed by atoms with E-state index in [4.69, 9.17) is 9.84 Å². The van der Waals surface area contributed by atoms with E-state index in [9.17, 15) is 0 Å². The Bertz CT molecular complexity index is 1110. The Balaban J connectivity index is 1.56. The zero-order valence-corrected chi connectivity index (χ0v) is 16.4. The van der Waals surface area contributed by atoms with Gasteiger partial charge in [-0.3, -0.25) is 4.68 Å². The number of hydrogen-bond donors (Lipinski definition) is 0. The highest BCUT2D eigenvalue weighted by molar-refractivity contribution is 5.59. The maximum Gasteiger partial charge on any atom is 0.235 e. The zero-order valence-electron chi connectivity index (χ0n) is 16.4. The monoisotopic (exact) mass is 389 g/mol. The van der Waals surface area contributed by atoms with Crippen molar-refractivity contribution in [3.63, 3.8) is 0 Å². The van der Waals surface area contributed by atoms with Gasteiger partial charge in [0, 0.05) is 18.2 Å². The first kappa shape index (κ1) is 17.8.